The molecule has 0 spiro atoms. The number of aromatic amines is 1. The largest absolute Gasteiger partial charge is 0.496 e. The number of fused-ring (bicyclic) bond motifs is 2. The number of aromatic nitrogens is 3. The Morgan fingerprint density at radius 3 is 2.88 bits per heavy atom. The summed E-state index contributed by atoms with van der Waals surface area (Å²) < 4.78 is 19.1. The molecule has 0 unspecified atom stereocenters. The van der Waals surface area contributed by atoms with Crippen LogP contribution in [0.5, 0.6) is 11.5 Å². The third-order valence-corrected chi connectivity index (χ3v) is 6.21. The van der Waals surface area contributed by atoms with E-state index in [1.54, 1.807) is 13.2 Å². The molecule has 1 N–H and O–H groups in total. The summed E-state index contributed by atoms with van der Waals surface area (Å²) in [6.45, 7) is 7.20. The first kappa shape index (κ1) is 21.3. The molecule has 0 amide bonds. The molecule has 5 rings (SSSR count). The third-order valence-electron chi connectivity index (χ3n) is 6.21. The van der Waals surface area contributed by atoms with E-state index in [0.29, 0.717) is 30.0 Å². The van der Waals surface area contributed by atoms with E-state index >= 15 is 0 Å². The van der Waals surface area contributed by atoms with Crippen LogP contribution in [0.3, 0.4) is 0 Å². The molecule has 3 heterocycles. The van der Waals surface area contributed by atoms with E-state index in [0.717, 1.165) is 66.0 Å². The molecule has 1 aliphatic rings. The van der Waals surface area contributed by atoms with Crippen molar-refractivity contribution in [3.8, 4) is 17.6 Å². The van der Waals surface area contributed by atoms with Crippen LogP contribution in [-0.4, -0.2) is 66.2 Å². The first-order valence-electron chi connectivity index (χ1n) is 11.1. The fourth-order valence-corrected chi connectivity index (χ4v) is 4.47. The molecule has 0 saturated carbocycles. The van der Waals surface area contributed by atoms with E-state index in [1.807, 2.05) is 29.2 Å². The number of nitriles is 1. The van der Waals surface area contributed by atoms with E-state index in [-0.39, 0.29) is 0 Å². The Labute approximate surface area is 192 Å². The lowest BCUT2D eigenvalue weighted by Crippen LogP contribution is -2.38. The van der Waals surface area contributed by atoms with E-state index in [9.17, 15) is 5.26 Å². The highest BCUT2D eigenvalue weighted by atomic mass is 16.5. The zero-order chi connectivity index (χ0) is 22.8. The maximum absolute atomic E-state index is 9.65. The van der Waals surface area contributed by atoms with Gasteiger partial charge in [-0.15, -0.1) is 0 Å². The van der Waals surface area contributed by atoms with Crippen molar-refractivity contribution in [1.82, 2.24) is 19.7 Å². The lowest BCUT2D eigenvalue weighted by molar-refractivity contribution is 0.0323. The van der Waals surface area contributed by atoms with Crippen molar-refractivity contribution in [3.63, 3.8) is 0 Å². The molecule has 4 aromatic rings. The predicted molar refractivity (Wildman–Crippen MR) is 126 cm³/mol. The first-order valence-corrected chi connectivity index (χ1v) is 11.1. The molecule has 1 aliphatic heterocycles. The molecular weight excluding hydrogens is 418 g/mol. The molecule has 8 heteroatoms. The summed E-state index contributed by atoms with van der Waals surface area (Å²) in [6.07, 6.45) is 3.93. The highest BCUT2D eigenvalue weighted by Gasteiger charge is 2.17. The second-order valence-electron chi connectivity index (χ2n) is 8.26. The van der Waals surface area contributed by atoms with E-state index in [1.165, 1.54) is 0 Å². The SMILES string of the molecule is COc1cc(C)c2[nH]ccc2c1Cn1cc2ccc(C#N)c(OCCN3CCOCC3)c2n1. The van der Waals surface area contributed by atoms with E-state index in [2.05, 4.69) is 28.9 Å². The number of methoxy groups -OCH3 is 1. The molecule has 33 heavy (non-hydrogen) atoms. The number of H-pyrrole nitrogens is 1. The number of benzene rings is 2. The van der Waals surface area contributed by atoms with Gasteiger partial charge in [-0.2, -0.15) is 10.4 Å². The first-order chi connectivity index (χ1) is 16.2. The lowest BCUT2D eigenvalue weighted by Gasteiger charge is -2.26. The molecule has 1 fully saturated rings. The summed E-state index contributed by atoms with van der Waals surface area (Å²) in [5.41, 5.74) is 4.49. The zero-order valence-corrected chi connectivity index (χ0v) is 18.9. The van der Waals surface area contributed by atoms with Gasteiger partial charge in [0, 0.05) is 53.9 Å². The highest BCUT2D eigenvalue weighted by molar-refractivity contribution is 5.89. The Balaban J connectivity index is 1.45. The minimum atomic E-state index is 0.496. The summed E-state index contributed by atoms with van der Waals surface area (Å²) in [5, 5.41) is 16.5. The quantitative estimate of drug-likeness (QED) is 0.469. The maximum Gasteiger partial charge on any atom is 0.165 e. The van der Waals surface area contributed by atoms with Crippen molar-refractivity contribution in [2.24, 2.45) is 0 Å². The summed E-state index contributed by atoms with van der Waals surface area (Å²) >= 11 is 0. The summed E-state index contributed by atoms with van der Waals surface area (Å²) in [7, 11) is 1.69. The highest BCUT2D eigenvalue weighted by Crippen LogP contribution is 2.33. The Morgan fingerprint density at radius 2 is 2.09 bits per heavy atom. The average molecular weight is 446 g/mol. The molecule has 0 bridgehead atoms. The van der Waals surface area contributed by atoms with Crippen LogP contribution in [-0.2, 0) is 11.3 Å². The van der Waals surface area contributed by atoms with Gasteiger partial charge >= 0.3 is 0 Å². The lowest BCUT2D eigenvalue weighted by atomic mass is 10.0. The van der Waals surface area contributed by atoms with Crippen LogP contribution in [0.4, 0.5) is 0 Å². The fourth-order valence-electron chi connectivity index (χ4n) is 4.47. The monoisotopic (exact) mass is 445 g/mol. The van der Waals surface area contributed by atoms with Crippen LogP contribution in [0.1, 0.15) is 16.7 Å². The van der Waals surface area contributed by atoms with E-state index in [4.69, 9.17) is 19.3 Å². The van der Waals surface area contributed by atoms with Gasteiger partial charge in [0.15, 0.2) is 5.75 Å². The molecule has 2 aromatic heterocycles. The van der Waals surface area contributed by atoms with Crippen LogP contribution in [0, 0.1) is 18.3 Å². The van der Waals surface area contributed by atoms with Gasteiger partial charge in [0.2, 0.25) is 0 Å². The molecule has 1 saturated heterocycles. The Kier molecular flexibility index (Phi) is 5.90. The van der Waals surface area contributed by atoms with Crippen molar-refractivity contribution in [3.05, 3.63) is 53.3 Å². The number of aryl methyl sites for hydroxylation is 1. The molecule has 2 aromatic carbocycles. The second-order valence-corrected chi connectivity index (χ2v) is 8.26. The second kappa shape index (κ2) is 9.14. The summed E-state index contributed by atoms with van der Waals surface area (Å²) in [6, 6.07) is 10.1. The van der Waals surface area contributed by atoms with Gasteiger partial charge in [0.1, 0.15) is 23.9 Å². The zero-order valence-electron chi connectivity index (χ0n) is 18.9. The van der Waals surface area contributed by atoms with Crippen LogP contribution in [0.15, 0.2) is 36.7 Å². The third kappa shape index (κ3) is 4.13. The summed E-state index contributed by atoms with van der Waals surface area (Å²) in [4.78, 5) is 5.62. The minimum absolute atomic E-state index is 0.496. The van der Waals surface area contributed by atoms with Crippen molar-refractivity contribution < 1.29 is 14.2 Å². The van der Waals surface area contributed by atoms with Crippen molar-refractivity contribution >= 4 is 21.8 Å². The number of nitrogens with one attached hydrogen (secondary N) is 1. The number of nitrogens with zero attached hydrogens (tertiary/aromatic N) is 4. The topological polar surface area (TPSA) is 88.3 Å². The van der Waals surface area contributed by atoms with Gasteiger partial charge in [0.05, 0.1) is 32.4 Å². The standard InChI is InChI=1S/C25H27N5O3/c1-17-13-22(31-2)21(20-5-6-27-23(17)20)16-30-15-19-4-3-18(14-26)25(24(19)28-30)33-12-9-29-7-10-32-11-8-29/h3-6,13,15,27H,7-12,16H2,1-2H3. The predicted octanol–water partition coefficient (Wildman–Crippen LogP) is 3.47. The van der Waals surface area contributed by atoms with Crippen molar-refractivity contribution in [1.29, 1.82) is 5.26 Å². The van der Waals surface area contributed by atoms with E-state index < -0.39 is 0 Å². The fraction of sp³-hybridized carbons (Fsp3) is 0.360. The number of ether oxygens (including phenoxy) is 3. The normalized spacial score (nSPS) is 14.6. The van der Waals surface area contributed by atoms with Gasteiger partial charge < -0.3 is 19.2 Å². The van der Waals surface area contributed by atoms with Gasteiger partial charge in [-0.1, -0.05) is 0 Å². The molecule has 8 nitrogen and oxygen atoms in total. The van der Waals surface area contributed by atoms with Gasteiger partial charge in [-0.05, 0) is 36.8 Å². The Hall–Kier alpha value is -3.54. The molecular formula is C25H27N5O3. The molecule has 0 aliphatic carbocycles. The van der Waals surface area contributed by atoms with Crippen LogP contribution >= 0.6 is 0 Å². The Bertz CT molecular complexity index is 1330. The number of hydrogen-bond acceptors (Lipinski definition) is 6. The van der Waals surface area contributed by atoms with Crippen LogP contribution in [0.2, 0.25) is 0 Å². The maximum atomic E-state index is 9.65. The molecule has 170 valence electrons. The smallest absolute Gasteiger partial charge is 0.165 e. The van der Waals surface area contributed by atoms with Crippen LogP contribution in [0.25, 0.3) is 21.8 Å². The molecule has 0 atom stereocenters. The molecule has 0 radical (unpaired) electrons. The van der Waals surface area contributed by atoms with Crippen LogP contribution < -0.4 is 9.47 Å². The summed E-state index contributed by atoms with van der Waals surface area (Å²) in [5.74, 6) is 1.38. The number of morpholine rings is 1. The Morgan fingerprint density at radius 1 is 1.24 bits per heavy atom. The van der Waals surface area contributed by atoms with Gasteiger partial charge in [0.25, 0.3) is 0 Å². The van der Waals surface area contributed by atoms with Gasteiger partial charge in [-0.25, -0.2) is 0 Å². The van der Waals surface area contributed by atoms with Gasteiger partial charge in [-0.3, -0.25) is 9.58 Å². The van der Waals surface area contributed by atoms with Crippen molar-refractivity contribution in [2.45, 2.75) is 13.5 Å². The van der Waals surface area contributed by atoms with Crippen molar-refractivity contribution in [2.75, 3.05) is 46.6 Å². The minimum Gasteiger partial charge on any atom is -0.496 e. The average Bonchev–Trinajstić information content (AvgIpc) is 3.49. The number of rotatable bonds is 7. The number of hydrogen-bond donors (Lipinski definition) is 1.